The molecule has 94 valence electrons. The van der Waals surface area contributed by atoms with Crippen molar-refractivity contribution in [2.45, 2.75) is 12.5 Å². The van der Waals surface area contributed by atoms with E-state index in [1.165, 1.54) is 7.11 Å². The predicted octanol–water partition coefficient (Wildman–Crippen LogP) is 0.880. The van der Waals surface area contributed by atoms with Crippen LogP contribution in [0.2, 0.25) is 0 Å². The van der Waals surface area contributed by atoms with Gasteiger partial charge in [-0.1, -0.05) is 6.07 Å². The molecule has 6 heteroatoms. The Morgan fingerprint density at radius 1 is 1.47 bits per heavy atom. The third-order valence-electron chi connectivity index (χ3n) is 2.40. The maximum Gasteiger partial charge on any atom is 0.322 e. The third-order valence-corrected chi connectivity index (χ3v) is 2.40. The molecule has 1 unspecified atom stereocenters. The molecular weight excluding hydrogens is 246 g/mol. The Hall–Kier alpha value is -1.46. The zero-order chi connectivity index (χ0) is 11.5. The fourth-order valence-electron chi connectivity index (χ4n) is 1.56. The first-order valence-electron chi connectivity index (χ1n) is 4.92. The normalized spacial score (nSPS) is 13.8. The van der Waals surface area contributed by atoms with Crippen molar-refractivity contribution in [1.29, 1.82) is 0 Å². The molecule has 17 heavy (non-hydrogen) atoms. The molecule has 1 aliphatic rings. The van der Waals surface area contributed by atoms with Gasteiger partial charge in [-0.2, -0.15) is 0 Å². The number of nitrogens with two attached hydrogens (primary N) is 1. The van der Waals surface area contributed by atoms with Crippen LogP contribution in [0, 0.1) is 0 Å². The second kappa shape index (κ2) is 5.75. The van der Waals surface area contributed by atoms with Crippen LogP contribution >= 0.6 is 12.4 Å². The quantitative estimate of drug-likeness (QED) is 0.816. The van der Waals surface area contributed by atoms with Crippen LogP contribution in [0.5, 0.6) is 11.5 Å². The molecular formula is C11H14ClNO4. The van der Waals surface area contributed by atoms with Gasteiger partial charge in [-0.25, -0.2) is 0 Å². The van der Waals surface area contributed by atoms with Crippen LogP contribution in [0.3, 0.4) is 0 Å². The minimum atomic E-state index is -0.648. The molecule has 0 fully saturated rings. The van der Waals surface area contributed by atoms with Crippen LogP contribution in [0.25, 0.3) is 0 Å². The Balaban J connectivity index is 0.00000144. The van der Waals surface area contributed by atoms with Gasteiger partial charge in [0.05, 0.1) is 7.11 Å². The third kappa shape index (κ3) is 3.01. The number of carbonyl (C=O) groups excluding carboxylic acids is 1. The Labute approximate surface area is 105 Å². The van der Waals surface area contributed by atoms with E-state index in [9.17, 15) is 4.79 Å². The van der Waals surface area contributed by atoms with Crippen molar-refractivity contribution in [3.63, 3.8) is 0 Å². The van der Waals surface area contributed by atoms with Gasteiger partial charge in [-0.15, -0.1) is 12.4 Å². The van der Waals surface area contributed by atoms with E-state index in [2.05, 4.69) is 4.74 Å². The number of esters is 1. The molecule has 1 aromatic carbocycles. The number of benzene rings is 1. The summed E-state index contributed by atoms with van der Waals surface area (Å²) in [6.45, 7) is 0.238. The van der Waals surface area contributed by atoms with Crippen molar-refractivity contribution in [2.75, 3.05) is 13.9 Å². The Bertz CT molecular complexity index is 410. The number of hydrogen-bond acceptors (Lipinski definition) is 5. The van der Waals surface area contributed by atoms with Crippen LogP contribution < -0.4 is 15.2 Å². The molecule has 0 bridgehead atoms. The molecule has 1 heterocycles. The molecule has 1 atom stereocenters. The smallest absolute Gasteiger partial charge is 0.322 e. The first-order valence-corrected chi connectivity index (χ1v) is 4.92. The molecule has 0 saturated heterocycles. The van der Waals surface area contributed by atoms with Crippen molar-refractivity contribution in [1.82, 2.24) is 0 Å². The number of rotatable bonds is 3. The number of hydrogen-bond donors (Lipinski definition) is 1. The Morgan fingerprint density at radius 2 is 2.18 bits per heavy atom. The lowest BCUT2D eigenvalue weighted by Crippen LogP contribution is -2.33. The first-order chi connectivity index (χ1) is 7.70. The lowest BCUT2D eigenvalue weighted by Gasteiger charge is -2.09. The van der Waals surface area contributed by atoms with Crippen LogP contribution in [-0.2, 0) is 16.0 Å². The van der Waals surface area contributed by atoms with Gasteiger partial charge < -0.3 is 19.9 Å². The van der Waals surface area contributed by atoms with Gasteiger partial charge in [0.2, 0.25) is 6.79 Å². The standard InChI is InChI=1S/C11H13NO4.ClH/c1-14-11(13)8(12)4-7-2-3-9-10(5-7)16-6-15-9;/h2-3,5,8H,4,6,12H2,1H3;1H. The zero-order valence-electron chi connectivity index (χ0n) is 9.34. The highest BCUT2D eigenvalue weighted by Crippen LogP contribution is 2.32. The molecule has 2 N–H and O–H groups in total. The summed E-state index contributed by atoms with van der Waals surface area (Å²) in [5.41, 5.74) is 6.58. The van der Waals surface area contributed by atoms with Crippen molar-refractivity contribution < 1.29 is 19.0 Å². The molecule has 1 aliphatic heterocycles. The fraction of sp³-hybridized carbons (Fsp3) is 0.364. The molecule has 0 aliphatic carbocycles. The van der Waals surface area contributed by atoms with E-state index in [0.29, 0.717) is 12.2 Å². The van der Waals surface area contributed by atoms with Gasteiger partial charge in [0, 0.05) is 0 Å². The fourth-order valence-corrected chi connectivity index (χ4v) is 1.56. The van der Waals surface area contributed by atoms with E-state index in [0.717, 1.165) is 11.3 Å². The van der Waals surface area contributed by atoms with Crippen LogP contribution in [0.4, 0.5) is 0 Å². The minimum Gasteiger partial charge on any atom is -0.468 e. The minimum absolute atomic E-state index is 0. The summed E-state index contributed by atoms with van der Waals surface area (Å²) >= 11 is 0. The van der Waals surface area contributed by atoms with Gasteiger partial charge in [0.25, 0.3) is 0 Å². The van der Waals surface area contributed by atoms with Crippen molar-refractivity contribution >= 4 is 18.4 Å². The highest BCUT2D eigenvalue weighted by molar-refractivity contribution is 5.85. The molecule has 0 spiro atoms. The zero-order valence-corrected chi connectivity index (χ0v) is 10.2. The second-order valence-electron chi connectivity index (χ2n) is 3.52. The average molecular weight is 260 g/mol. The number of halogens is 1. The van der Waals surface area contributed by atoms with Crippen molar-refractivity contribution in [3.8, 4) is 11.5 Å². The largest absolute Gasteiger partial charge is 0.468 e. The lowest BCUT2D eigenvalue weighted by molar-refractivity contribution is -0.142. The summed E-state index contributed by atoms with van der Waals surface area (Å²) < 4.78 is 15.0. The molecule has 0 aromatic heterocycles. The van der Waals surface area contributed by atoms with Crippen LogP contribution in [-0.4, -0.2) is 25.9 Å². The maximum absolute atomic E-state index is 11.1. The molecule has 2 rings (SSSR count). The summed E-state index contributed by atoms with van der Waals surface area (Å²) in [6, 6.07) is 4.84. The Kier molecular flexibility index (Phi) is 4.60. The molecule has 5 nitrogen and oxygen atoms in total. The molecule has 0 radical (unpaired) electrons. The lowest BCUT2D eigenvalue weighted by atomic mass is 10.1. The summed E-state index contributed by atoms with van der Waals surface area (Å²) in [4.78, 5) is 11.1. The topological polar surface area (TPSA) is 70.8 Å². The van der Waals surface area contributed by atoms with Gasteiger partial charge in [0.15, 0.2) is 11.5 Å². The van der Waals surface area contributed by atoms with E-state index in [-0.39, 0.29) is 19.2 Å². The van der Waals surface area contributed by atoms with E-state index in [1.54, 1.807) is 0 Å². The monoisotopic (exact) mass is 259 g/mol. The SMILES string of the molecule is COC(=O)C(N)Cc1ccc2c(c1)OCO2.Cl. The summed E-state index contributed by atoms with van der Waals surface area (Å²) in [6.07, 6.45) is 0.420. The van der Waals surface area contributed by atoms with E-state index in [4.69, 9.17) is 15.2 Å². The van der Waals surface area contributed by atoms with E-state index in [1.807, 2.05) is 18.2 Å². The summed E-state index contributed by atoms with van der Waals surface area (Å²) in [5.74, 6) is 0.989. The highest BCUT2D eigenvalue weighted by Gasteiger charge is 2.17. The molecule has 0 saturated carbocycles. The van der Waals surface area contributed by atoms with Gasteiger partial charge >= 0.3 is 5.97 Å². The van der Waals surface area contributed by atoms with Crippen molar-refractivity contribution in [2.24, 2.45) is 5.73 Å². The van der Waals surface area contributed by atoms with Gasteiger partial charge in [0.1, 0.15) is 6.04 Å². The van der Waals surface area contributed by atoms with Crippen LogP contribution in [0.15, 0.2) is 18.2 Å². The van der Waals surface area contributed by atoms with Crippen molar-refractivity contribution in [3.05, 3.63) is 23.8 Å². The number of ether oxygens (including phenoxy) is 3. The summed E-state index contributed by atoms with van der Waals surface area (Å²) in [7, 11) is 1.32. The van der Waals surface area contributed by atoms with E-state index >= 15 is 0 Å². The highest BCUT2D eigenvalue weighted by atomic mass is 35.5. The average Bonchev–Trinajstić information content (AvgIpc) is 2.75. The predicted molar refractivity (Wildman–Crippen MR) is 63.5 cm³/mol. The molecule has 1 aromatic rings. The van der Waals surface area contributed by atoms with E-state index < -0.39 is 12.0 Å². The maximum atomic E-state index is 11.1. The Morgan fingerprint density at radius 3 is 2.88 bits per heavy atom. The van der Waals surface area contributed by atoms with Gasteiger partial charge in [-0.3, -0.25) is 4.79 Å². The first kappa shape index (κ1) is 13.6. The number of fused-ring (bicyclic) bond motifs is 1. The van der Waals surface area contributed by atoms with Gasteiger partial charge in [-0.05, 0) is 24.1 Å². The number of methoxy groups -OCH3 is 1. The summed E-state index contributed by atoms with van der Waals surface area (Å²) in [5, 5.41) is 0. The van der Waals surface area contributed by atoms with Crippen LogP contribution in [0.1, 0.15) is 5.56 Å². The second-order valence-corrected chi connectivity index (χ2v) is 3.52. The number of carbonyl (C=O) groups is 1. The molecule has 0 amide bonds.